The molecular weight excluding hydrogens is 352 g/mol. The van der Waals surface area contributed by atoms with E-state index in [0.29, 0.717) is 30.0 Å². The van der Waals surface area contributed by atoms with Crippen LogP contribution in [0.1, 0.15) is 34.0 Å². The Kier molecular flexibility index (Phi) is 3.90. The van der Waals surface area contributed by atoms with Crippen LogP contribution < -0.4 is 4.74 Å². The summed E-state index contributed by atoms with van der Waals surface area (Å²) in [6.07, 6.45) is 2.87. The van der Waals surface area contributed by atoms with Crippen molar-refractivity contribution in [2.24, 2.45) is 0 Å². The Morgan fingerprint density at radius 2 is 1.79 bits per heavy atom. The van der Waals surface area contributed by atoms with Crippen molar-refractivity contribution in [2.75, 3.05) is 7.11 Å². The first-order chi connectivity index (χ1) is 13.7. The zero-order valence-corrected chi connectivity index (χ0v) is 15.4. The predicted octanol–water partition coefficient (Wildman–Crippen LogP) is 3.71. The highest BCUT2D eigenvalue weighted by Gasteiger charge is 2.30. The first-order valence-corrected chi connectivity index (χ1v) is 9.21. The average Bonchev–Trinajstić information content (AvgIpc) is 3.16. The molecule has 1 aliphatic carbocycles. The van der Waals surface area contributed by atoms with Crippen molar-refractivity contribution in [3.8, 4) is 17.1 Å². The van der Waals surface area contributed by atoms with Crippen LogP contribution in [0.3, 0.4) is 0 Å². The summed E-state index contributed by atoms with van der Waals surface area (Å²) in [6, 6.07) is 17.6. The summed E-state index contributed by atoms with van der Waals surface area (Å²) < 4.78 is 7.09. The number of Topliss-reactive ketones (excluding diaryl/α,β-unsaturated/α-hetero) is 1. The number of ketones is 1. The Labute approximate surface area is 161 Å². The number of para-hydroxylation sites is 1. The maximum Gasteiger partial charge on any atom is 0.252 e. The standard InChI is InChI=1S/C22H18N4O2/c1-28-20-10-6-5-9-16(20)15-11-18-17(19(27)12-15)13-26-22(23-18)24-21(25-26)14-7-3-2-4-8-14/h2-10,13,15H,11-12H2,1H3/t15-/m1/s1. The molecule has 1 atom stereocenters. The van der Waals surface area contributed by atoms with Gasteiger partial charge in [-0.3, -0.25) is 4.79 Å². The van der Waals surface area contributed by atoms with Gasteiger partial charge in [0.1, 0.15) is 5.75 Å². The second kappa shape index (κ2) is 6.56. The zero-order valence-electron chi connectivity index (χ0n) is 15.4. The second-order valence-electron chi connectivity index (χ2n) is 6.92. The molecule has 0 radical (unpaired) electrons. The Bertz CT molecular complexity index is 1180. The molecule has 6 heteroatoms. The summed E-state index contributed by atoms with van der Waals surface area (Å²) in [5.74, 6) is 2.03. The second-order valence-corrected chi connectivity index (χ2v) is 6.92. The maximum absolute atomic E-state index is 12.8. The molecule has 0 bridgehead atoms. The lowest BCUT2D eigenvalue weighted by Gasteiger charge is -2.24. The van der Waals surface area contributed by atoms with Gasteiger partial charge in [0.15, 0.2) is 11.6 Å². The fourth-order valence-corrected chi connectivity index (χ4v) is 3.82. The number of fused-ring (bicyclic) bond motifs is 2. The Balaban J connectivity index is 1.56. The molecule has 5 rings (SSSR count). The predicted molar refractivity (Wildman–Crippen MR) is 105 cm³/mol. The molecule has 0 saturated heterocycles. The van der Waals surface area contributed by atoms with Crippen LogP contribution in [-0.2, 0) is 6.42 Å². The van der Waals surface area contributed by atoms with Gasteiger partial charge in [0.2, 0.25) is 0 Å². The third-order valence-corrected chi connectivity index (χ3v) is 5.19. The SMILES string of the molecule is COc1ccccc1[C@H]1CC(=O)c2cn3nc(-c4ccccc4)nc3nc2C1. The molecule has 2 aromatic carbocycles. The van der Waals surface area contributed by atoms with Crippen LogP contribution in [0.15, 0.2) is 60.8 Å². The minimum atomic E-state index is 0.0441. The van der Waals surface area contributed by atoms with Gasteiger partial charge in [0.25, 0.3) is 5.78 Å². The summed E-state index contributed by atoms with van der Waals surface area (Å²) in [5, 5.41) is 4.50. The van der Waals surface area contributed by atoms with Crippen molar-refractivity contribution in [3.05, 3.63) is 77.6 Å². The van der Waals surface area contributed by atoms with Crippen molar-refractivity contribution in [3.63, 3.8) is 0 Å². The Morgan fingerprint density at radius 3 is 2.61 bits per heavy atom. The fourth-order valence-electron chi connectivity index (χ4n) is 3.82. The summed E-state index contributed by atoms with van der Waals surface area (Å²) in [6.45, 7) is 0. The van der Waals surface area contributed by atoms with Crippen LogP contribution in [0.25, 0.3) is 17.2 Å². The number of aromatic nitrogens is 4. The molecule has 0 unspecified atom stereocenters. The number of benzene rings is 2. The molecule has 6 nitrogen and oxygen atoms in total. The summed E-state index contributed by atoms with van der Waals surface area (Å²) in [7, 11) is 1.65. The highest BCUT2D eigenvalue weighted by atomic mass is 16.5. The number of ether oxygens (including phenoxy) is 1. The fraction of sp³-hybridized carbons (Fsp3) is 0.182. The topological polar surface area (TPSA) is 69.4 Å². The van der Waals surface area contributed by atoms with Gasteiger partial charge < -0.3 is 4.74 Å². The lowest BCUT2D eigenvalue weighted by atomic mass is 9.82. The van der Waals surface area contributed by atoms with Gasteiger partial charge >= 0.3 is 0 Å². The molecule has 138 valence electrons. The number of hydrogen-bond acceptors (Lipinski definition) is 5. The maximum atomic E-state index is 12.8. The molecule has 4 aromatic rings. The minimum absolute atomic E-state index is 0.0441. The smallest absolute Gasteiger partial charge is 0.252 e. The van der Waals surface area contributed by atoms with Crippen LogP contribution in [0.5, 0.6) is 5.75 Å². The van der Waals surface area contributed by atoms with Crippen molar-refractivity contribution in [1.82, 2.24) is 19.6 Å². The minimum Gasteiger partial charge on any atom is -0.496 e. The Hall–Kier alpha value is -3.54. The van der Waals surface area contributed by atoms with Gasteiger partial charge in [-0.25, -0.2) is 9.50 Å². The highest BCUT2D eigenvalue weighted by Crippen LogP contribution is 2.36. The molecular formula is C22H18N4O2. The lowest BCUT2D eigenvalue weighted by Crippen LogP contribution is -2.21. The molecule has 0 saturated carbocycles. The summed E-state index contributed by atoms with van der Waals surface area (Å²) >= 11 is 0. The Morgan fingerprint density at radius 1 is 1.00 bits per heavy atom. The molecule has 2 aromatic heterocycles. The van der Waals surface area contributed by atoms with E-state index < -0.39 is 0 Å². The monoisotopic (exact) mass is 370 g/mol. The van der Waals surface area contributed by atoms with Crippen molar-refractivity contribution in [2.45, 2.75) is 18.8 Å². The van der Waals surface area contributed by atoms with E-state index in [0.717, 1.165) is 22.6 Å². The first kappa shape index (κ1) is 16.6. The third-order valence-electron chi connectivity index (χ3n) is 5.19. The van der Waals surface area contributed by atoms with E-state index in [4.69, 9.17) is 4.74 Å². The molecule has 0 N–H and O–H groups in total. The highest BCUT2D eigenvalue weighted by molar-refractivity contribution is 5.98. The normalized spacial score (nSPS) is 16.2. The van der Waals surface area contributed by atoms with E-state index in [2.05, 4.69) is 15.1 Å². The van der Waals surface area contributed by atoms with Gasteiger partial charge in [-0.1, -0.05) is 48.5 Å². The summed E-state index contributed by atoms with van der Waals surface area (Å²) in [5.41, 5.74) is 3.36. The number of carbonyl (C=O) groups is 1. The van der Waals surface area contributed by atoms with Crippen LogP contribution in [0.4, 0.5) is 0 Å². The average molecular weight is 370 g/mol. The number of hydrogen-bond donors (Lipinski definition) is 0. The molecule has 28 heavy (non-hydrogen) atoms. The quantitative estimate of drug-likeness (QED) is 0.550. The van der Waals surface area contributed by atoms with E-state index >= 15 is 0 Å². The van der Waals surface area contributed by atoms with Crippen LogP contribution in [0, 0.1) is 0 Å². The van der Waals surface area contributed by atoms with Crippen molar-refractivity contribution in [1.29, 1.82) is 0 Å². The van der Waals surface area contributed by atoms with Gasteiger partial charge in [-0.05, 0) is 18.1 Å². The molecule has 0 fully saturated rings. The van der Waals surface area contributed by atoms with E-state index in [-0.39, 0.29) is 11.7 Å². The van der Waals surface area contributed by atoms with Gasteiger partial charge in [0, 0.05) is 24.1 Å². The third kappa shape index (κ3) is 2.74. The molecule has 2 heterocycles. The largest absolute Gasteiger partial charge is 0.496 e. The first-order valence-electron chi connectivity index (χ1n) is 9.21. The van der Waals surface area contributed by atoms with E-state index in [1.165, 1.54) is 0 Å². The number of rotatable bonds is 3. The number of methoxy groups -OCH3 is 1. The van der Waals surface area contributed by atoms with Gasteiger partial charge in [-0.2, -0.15) is 4.98 Å². The molecule has 0 amide bonds. The van der Waals surface area contributed by atoms with Gasteiger partial charge in [-0.15, -0.1) is 5.10 Å². The number of nitrogens with zero attached hydrogens (tertiary/aromatic N) is 4. The van der Waals surface area contributed by atoms with Crippen molar-refractivity contribution >= 4 is 11.6 Å². The van der Waals surface area contributed by atoms with Crippen LogP contribution in [0.2, 0.25) is 0 Å². The molecule has 1 aliphatic rings. The van der Waals surface area contributed by atoms with Crippen LogP contribution >= 0.6 is 0 Å². The van der Waals surface area contributed by atoms with Gasteiger partial charge in [0.05, 0.1) is 18.4 Å². The zero-order chi connectivity index (χ0) is 19.1. The van der Waals surface area contributed by atoms with Crippen LogP contribution in [-0.4, -0.2) is 32.5 Å². The van der Waals surface area contributed by atoms with Crippen molar-refractivity contribution < 1.29 is 9.53 Å². The van der Waals surface area contributed by atoms with E-state index in [1.54, 1.807) is 17.8 Å². The summed E-state index contributed by atoms with van der Waals surface area (Å²) in [4.78, 5) is 22.1. The van der Waals surface area contributed by atoms with E-state index in [1.807, 2.05) is 54.6 Å². The molecule has 0 spiro atoms. The molecule has 0 aliphatic heterocycles. The number of carbonyl (C=O) groups excluding carboxylic acids is 1. The lowest BCUT2D eigenvalue weighted by molar-refractivity contribution is 0.0962. The van der Waals surface area contributed by atoms with E-state index in [9.17, 15) is 4.79 Å².